The van der Waals surface area contributed by atoms with Crippen LogP contribution in [0.15, 0.2) is 89.2 Å². The van der Waals surface area contributed by atoms with Gasteiger partial charge in [-0.15, -0.1) is 0 Å². The summed E-state index contributed by atoms with van der Waals surface area (Å²) < 4.78 is 13.1. The number of aliphatic imine (C=N–C) groups is 1. The minimum Gasteiger partial charge on any atom is -0.508 e. The van der Waals surface area contributed by atoms with E-state index in [1.165, 1.54) is 11.6 Å². The van der Waals surface area contributed by atoms with Gasteiger partial charge in [0.2, 0.25) is 0 Å². The van der Waals surface area contributed by atoms with Gasteiger partial charge < -0.3 is 35.6 Å². The number of benzene rings is 3. The Bertz CT molecular complexity index is 2330. The lowest BCUT2D eigenvalue weighted by molar-refractivity contribution is -0.888. The van der Waals surface area contributed by atoms with E-state index in [1.54, 1.807) is 6.07 Å². The second-order valence-electron chi connectivity index (χ2n) is 17.2. The van der Waals surface area contributed by atoms with Crippen molar-refractivity contribution in [1.82, 2.24) is 5.32 Å². The van der Waals surface area contributed by atoms with E-state index in [0.717, 1.165) is 71.4 Å². The van der Waals surface area contributed by atoms with Crippen molar-refractivity contribution in [2.24, 2.45) is 22.1 Å². The number of allylic oxidation sites excluding steroid dienone is 1. The fourth-order valence-corrected chi connectivity index (χ4v) is 9.53. The van der Waals surface area contributed by atoms with Gasteiger partial charge in [0, 0.05) is 38.1 Å². The first-order valence-electron chi connectivity index (χ1n) is 21.9. The molecule has 318 valence electrons. The predicted molar refractivity (Wildman–Crippen MR) is 232 cm³/mol. The Morgan fingerprint density at radius 2 is 1.87 bits per heavy atom. The number of carbonyl (C=O) groups excluding carboxylic acids is 1. The number of ketones is 1. The van der Waals surface area contributed by atoms with Crippen molar-refractivity contribution in [3.8, 4) is 41.1 Å². The maximum Gasteiger partial charge on any atom is 0.252 e. The molecule has 7 atom stereocenters. The molecule has 1 spiro atoms. The van der Waals surface area contributed by atoms with Crippen LogP contribution < -0.4 is 25.4 Å². The average molecular weight is 826 g/mol. The van der Waals surface area contributed by atoms with Crippen LogP contribution >= 0.6 is 0 Å². The highest BCUT2D eigenvalue weighted by Crippen LogP contribution is 2.47. The van der Waals surface area contributed by atoms with E-state index < -0.39 is 42.0 Å². The van der Waals surface area contributed by atoms with Crippen LogP contribution in [0.5, 0.6) is 17.2 Å². The normalized spacial score (nSPS) is 23.3. The lowest BCUT2D eigenvalue weighted by atomic mass is 9.73. The minimum absolute atomic E-state index is 0.0519. The molecule has 3 aromatic rings. The van der Waals surface area contributed by atoms with Gasteiger partial charge in [0.05, 0.1) is 29.4 Å². The summed E-state index contributed by atoms with van der Waals surface area (Å²) in [7, 11) is 0. The summed E-state index contributed by atoms with van der Waals surface area (Å²) in [5.41, 5.74) is 13.4. The van der Waals surface area contributed by atoms with E-state index in [0.29, 0.717) is 42.8 Å². The highest BCUT2D eigenvalue weighted by molar-refractivity contribution is 6.08. The molecule has 1 aliphatic carbocycles. The summed E-state index contributed by atoms with van der Waals surface area (Å²) in [4.78, 5) is 18.8. The van der Waals surface area contributed by atoms with Crippen molar-refractivity contribution in [2.45, 2.75) is 115 Å². The van der Waals surface area contributed by atoms with E-state index in [4.69, 9.17) is 20.2 Å². The Morgan fingerprint density at radius 3 is 2.67 bits per heavy atom. The van der Waals surface area contributed by atoms with E-state index in [9.17, 15) is 25.2 Å². The van der Waals surface area contributed by atoms with Gasteiger partial charge in [-0.05, 0) is 78.0 Å². The van der Waals surface area contributed by atoms with E-state index in [1.807, 2.05) is 43.5 Å². The molecule has 11 heteroatoms. The number of hydrogen-bond donors (Lipinski definition) is 7. The molecule has 11 nitrogen and oxygen atoms in total. The van der Waals surface area contributed by atoms with Crippen molar-refractivity contribution >= 4 is 11.5 Å². The fraction of sp³-hybridized carbons (Fsp3) is 0.440. The Labute approximate surface area is 358 Å². The second kappa shape index (κ2) is 18.8. The van der Waals surface area contributed by atoms with Crippen molar-refractivity contribution < 1.29 is 39.6 Å². The Kier molecular flexibility index (Phi) is 13.1. The highest BCUT2D eigenvalue weighted by Gasteiger charge is 2.51. The van der Waals surface area contributed by atoms with Gasteiger partial charge in [-0.25, -0.2) is 0 Å². The van der Waals surface area contributed by atoms with Crippen LogP contribution in [-0.2, 0) is 24.1 Å². The molecule has 0 saturated heterocycles. The number of Topliss-reactive ketones (excluding diaryl/α,β-unsaturated/α-hetero) is 1. The molecule has 5 aliphatic rings. The number of rotatable bonds is 14. The molecule has 2 bridgehead atoms. The summed E-state index contributed by atoms with van der Waals surface area (Å²) in [5.74, 6) is 10.2. The first-order valence-corrected chi connectivity index (χ1v) is 21.9. The third kappa shape index (κ3) is 9.64. The van der Waals surface area contributed by atoms with Gasteiger partial charge in [-0.3, -0.25) is 20.0 Å². The van der Waals surface area contributed by atoms with Crippen molar-refractivity contribution in [2.75, 3.05) is 13.1 Å². The third-order valence-electron chi connectivity index (χ3n) is 12.9. The summed E-state index contributed by atoms with van der Waals surface area (Å²) >= 11 is 0. The number of quaternary nitrogens is 1. The number of phenols is 1. The van der Waals surface area contributed by atoms with Crippen molar-refractivity contribution in [1.29, 1.82) is 0 Å². The molecule has 8 N–H and O–H groups in total. The zero-order valence-electron chi connectivity index (χ0n) is 34.8. The topological polar surface area (TPSA) is 171 Å². The maximum atomic E-state index is 12.9. The van der Waals surface area contributed by atoms with Crippen molar-refractivity contribution in [3.63, 3.8) is 0 Å². The number of aliphatic hydroxyl groups excluding tert-OH is 3. The summed E-state index contributed by atoms with van der Waals surface area (Å²) in [6.45, 7) is 3.23. The number of nitrogens with zero attached hydrogens (tertiary/aromatic N) is 1. The monoisotopic (exact) mass is 825 g/mol. The van der Waals surface area contributed by atoms with Gasteiger partial charge in [0.1, 0.15) is 48.1 Å². The molecule has 3 aromatic carbocycles. The van der Waals surface area contributed by atoms with E-state index in [-0.39, 0.29) is 43.0 Å². The standard InChI is InChI=1S/C50H56N4O7/c1-2-8-37(55)26-39(57)27-38(56)13-11-33-25-47-46(28-45(33)59)60-22-20-50(18-6-7-19-50)42-15-16-44(58)40-14-12-34(48(51)52-21-17-32-9-4-3-5-10-32)23-35(40)24-36-29-53-43-31-54(30-41(36)43)49(42)61-47/h3-5,9-10,12,14,23,25,28-30,37,39,42,44,48-49,52,55,57-59H,2,6-8,11,13,17-19,21,24,26-27,31,51H2,1H3/p+1. The molecule has 4 aliphatic heterocycles. The molecular weight excluding hydrogens is 769 g/mol. The minimum atomic E-state index is -1.09. The molecule has 4 heterocycles. The molecule has 0 radical (unpaired) electrons. The third-order valence-corrected chi connectivity index (χ3v) is 12.9. The first kappa shape index (κ1) is 42.5. The lowest BCUT2D eigenvalue weighted by Gasteiger charge is -2.36. The Hall–Kier alpha value is -5.24. The first-order chi connectivity index (χ1) is 29.6. The fourth-order valence-electron chi connectivity index (χ4n) is 9.53. The molecule has 7 unspecified atom stereocenters. The maximum absolute atomic E-state index is 12.9. The number of carbonyl (C=O) groups is 1. The largest absolute Gasteiger partial charge is 0.508 e. The van der Waals surface area contributed by atoms with Crippen LogP contribution in [-0.4, -0.2) is 63.4 Å². The van der Waals surface area contributed by atoms with Gasteiger partial charge in [-0.1, -0.05) is 92.5 Å². The lowest BCUT2D eigenvalue weighted by Crippen LogP contribution is -3.13. The van der Waals surface area contributed by atoms with Gasteiger partial charge >= 0.3 is 0 Å². The Morgan fingerprint density at radius 1 is 1.05 bits per heavy atom. The predicted octanol–water partition coefficient (Wildman–Crippen LogP) is 4.63. The van der Waals surface area contributed by atoms with E-state index in [2.05, 4.69) is 53.6 Å². The zero-order chi connectivity index (χ0) is 42.5. The molecule has 1 saturated carbocycles. The quantitative estimate of drug-likeness (QED) is 0.0905. The number of ether oxygens (including phenoxy) is 2. The number of phenolic OH excluding ortho intramolecular Hbond substituents is 1. The smallest absolute Gasteiger partial charge is 0.252 e. The number of hydrogen-bond acceptors (Lipinski definition) is 10. The number of aliphatic hydroxyl groups is 3. The number of aryl methyl sites for hydroxylation is 1. The van der Waals surface area contributed by atoms with Gasteiger partial charge in [0.25, 0.3) is 6.23 Å². The van der Waals surface area contributed by atoms with Gasteiger partial charge in [0.15, 0.2) is 11.5 Å². The van der Waals surface area contributed by atoms with Crippen LogP contribution in [0.1, 0.15) is 105 Å². The number of nitrogens with two attached hydrogens (primary N) is 1. The molecule has 1 fully saturated rings. The summed E-state index contributed by atoms with van der Waals surface area (Å²) in [5, 5.41) is 47.1. The molecule has 61 heavy (non-hydrogen) atoms. The van der Waals surface area contributed by atoms with Crippen LogP contribution in [0.25, 0.3) is 0 Å². The van der Waals surface area contributed by atoms with Crippen LogP contribution in [0.4, 0.5) is 0 Å². The number of aromatic hydroxyl groups is 1. The highest BCUT2D eigenvalue weighted by atomic mass is 16.5. The summed E-state index contributed by atoms with van der Waals surface area (Å²) in [6.07, 6.45) is 9.99. The van der Waals surface area contributed by atoms with Crippen LogP contribution in [0.3, 0.4) is 0 Å². The Balaban J connectivity index is 1.09. The summed E-state index contributed by atoms with van der Waals surface area (Å²) in [6, 6.07) is 19.5. The van der Waals surface area contributed by atoms with Crippen LogP contribution in [0.2, 0.25) is 0 Å². The SMILES string of the molecule is CCCC(O)CC(O)CC(=O)CCc1cc2c(cc1O)OC#CC1(CCCC1)C1C#CC(O)c3ccc(C(N)NCCc4ccccc4)cc3CC3=CN=C4C[NH+](C=C34)C1O2. The second-order valence-corrected chi connectivity index (χ2v) is 17.2. The number of fused-ring (bicyclic) bond motifs is 6. The molecular formula is C50H57N4O7+. The van der Waals surface area contributed by atoms with Crippen molar-refractivity contribution in [3.05, 3.63) is 112 Å². The molecule has 8 rings (SSSR count). The van der Waals surface area contributed by atoms with E-state index >= 15 is 0 Å². The number of nitrogens with one attached hydrogen (secondary N) is 2. The average Bonchev–Trinajstić information content (AvgIpc) is 3.99. The van der Waals surface area contributed by atoms with Crippen LogP contribution in [0, 0.1) is 35.2 Å². The zero-order valence-corrected chi connectivity index (χ0v) is 34.8. The molecule has 0 aromatic heterocycles. The van der Waals surface area contributed by atoms with Gasteiger partial charge in [-0.2, -0.15) is 0 Å². The molecule has 0 amide bonds.